The second-order valence-electron chi connectivity index (χ2n) is 4.33. The third-order valence-electron chi connectivity index (χ3n) is 1.66. The van der Waals surface area contributed by atoms with Gasteiger partial charge < -0.3 is 4.74 Å². The first-order valence-electron chi connectivity index (χ1n) is 4.47. The smallest absolute Gasteiger partial charge is 0.382 e. The largest absolute Gasteiger partial charge is 0.465 e. The summed E-state index contributed by atoms with van der Waals surface area (Å²) in [6.07, 6.45) is -6.20. The summed E-state index contributed by atoms with van der Waals surface area (Å²) in [5.74, 6) is -12.4. The lowest BCUT2D eigenvalue weighted by Crippen LogP contribution is -2.47. The molecule has 0 rings (SSSR count). The standard InChI is InChI=1S/C9H9F5O4/c1-7(2,3)4(15)5(16)18-6(17)8(10,11)9(12,13)14/h1-3H3. The van der Waals surface area contributed by atoms with E-state index >= 15 is 0 Å². The minimum absolute atomic E-state index is 1.20. The summed E-state index contributed by atoms with van der Waals surface area (Å²) in [6, 6.07) is 0. The third-order valence-corrected chi connectivity index (χ3v) is 1.66. The monoisotopic (exact) mass is 276 g/mol. The molecule has 0 aliphatic rings. The third kappa shape index (κ3) is 3.47. The second kappa shape index (κ2) is 4.62. The maximum atomic E-state index is 12.4. The lowest BCUT2D eigenvalue weighted by atomic mass is 9.91. The quantitative estimate of drug-likeness (QED) is 0.334. The fourth-order valence-corrected chi connectivity index (χ4v) is 0.617. The molecule has 0 amide bonds. The number of ketones is 1. The molecule has 0 unspecified atom stereocenters. The van der Waals surface area contributed by atoms with E-state index in [1.165, 1.54) is 20.8 Å². The first kappa shape index (κ1) is 16.5. The molecule has 0 atom stereocenters. The molecule has 9 heteroatoms. The summed E-state index contributed by atoms with van der Waals surface area (Å²) >= 11 is 0. The maximum Gasteiger partial charge on any atom is 0.465 e. The van der Waals surface area contributed by atoms with Gasteiger partial charge in [-0.15, -0.1) is 0 Å². The highest BCUT2D eigenvalue weighted by atomic mass is 19.4. The van der Waals surface area contributed by atoms with Crippen LogP contribution in [0.5, 0.6) is 0 Å². The number of alkyl halides is 5. The van der Waals surface area contributed by atoms with Gasteiger partial charge in [-0.1, -0.05) is 20.8 Å². The van der Waals surface area contributed by atoms with Gasteiger partial charge in [-0.25, -0.2) is 9.59 Å². The molecule has 0 saturated heterocycles. The van der Waals surface area contributed by atoms with E-state index in [-0.39, 0.29) is 0 Å². The van der Waals surface area contributed by atoms with Crippen molar-refractivity contribution in [3.8, 4) is 0 Å². The van der Waals surface area contributed by atoms with Gasteiger partial charge in [0.2, 0.25) is 5.78 Å². The zero-order valence-corrected chi connectivity index (χ0v) is 9.52. The fraction of sp³-hybridized carbons (Fsp3) is 0.667. The second-order valence-corrected chi connectivity index (χ2v) is 4.33. The Morgan fingerprint density at radius 1 is 0.889 bits per heavy atom. The Morgan fingerprint density at radius 2 is 1.28 bits per heavy atom. The van der Waals surface area contributed by atoms with Crippen molar-refractivity contribution in [3.63, 3.8) is 0 Å². The van der Waals surface area contributed by atoms with Crippen LogP contribution in [0.1, 0.15) is 20.8 Å². The summed E-state index contributed by atoms with van der Waals surface area (Å²) < 4.78 is 63.2. The highest BCUT2D eigenvalue weighted by Gasteiger charge is 2.65. The zero-order valence-electron chi connectivity index (χ0n) is 9.52. The van der Waals surface area contributed by atoms with Crippen LogP contribution in [0.25, 0.3) is 0 Å². The van der Waals surface area contributed by atoms with Crippen molar-refractivity contribution >= 4 is 17.7 Å². The summed E-state index contributed by atoms with van der Waals surface area (Å²) in [7, 11) is 0. The molecule has 0 aromatic heterocycles. The Balaban J connectivity index is 4.91. The van der Waals surface area contributed by atoms with Crippen molar-refractivity contribution < 1.29 is 41.1 Å². The SMILES string of the molecule is CC(C)(C)C(=O)C(=O)OC(=O)C(F)(F)C(F)(F)F. The number of ether oxygens (including phenoxy) is 1. The summed E-state index contributed by atoms with van der Waals surface area (Å²) in [4.78, 5) is 32.5. The predicted octanol–water partition coefficient (Wildman–Crippen LogP) is 1.87. The first-order valence-corrected chi connectivity index (χ1v) is 4.47. The van der Waals surface area contributed by atoms with E-state index in [1.807, 2.05) is 0 Å². The van der Waals surface area contributed by atoms with Crippen LogP contribution < -0.4 is 0 Å². The molecule has 0 heterocycles. The Hall–Kier alpha value is -1.54. The minimum atomic E-state index is -6.20. The van der Waals surface area contributed by atoms with Gasteiger partial charge in [0.25, 0.3) is 0 Å². The lowest BCUT2D eigenvalue weighted by molar-refractivity contribution is -0.278. The fourth-order valence-electron chi connectivity index (χ4n) is 0.617. The molecule has 0 aliphatic carbocycles. The Bertz CT molecular complexity index is 377. The molecule has 0 fully saturated rings. The number of esters is 2. The van der Waals surface area contributed by atoms with Gasteiger partial charge in [-0.2, -0.15) is 22.0 Å². The zero-order chi connectivity index (χ0) is 14.9. The molecule has 0 aromatic rings. The van der Waals surface area contributed by atoms with E-state index < -0.39 is 35.2 Å². The normalized spacial score (nSPS) is 13.1. The van der Waals surface area contributed by atoms with Crippen molar-refractivity contribution in [3.05, 3.63) is 0 Å². The number of carbonyl (C=O) groups is 3. The van der Waals surface area contributed by atoms with Crippen LogP contribution in [-0.4, -0.2) is 29.8 Å². The topological polar surface area (TPSA) is 60.4 Å². The van der Waals surface area contributed by atoms with Gasteiger partial charge >= 0.3 is 24.0 Å². The molecule has 0 radical (unpaired) electrons. The van der Waals surface area contributed by atoms with Crippen LogP contribution in [0.3, 0.4) is 0 Å². The molecule has 0 saturated carbocycles. The van der Waals surface area contributed by atoms with E-state index in [0.717, 1.165) is 0 Å². The number of Topliss-reactive ketones (excluding diaryl/α,β-unsaturated/α-hetero) is 1. The average Bonchev–Trinajstić information content (AvgIpc) is 2.12. The number of rotatable bonds is 2. The number of halogens is 5. The Morgan fingerprint density at radius 3 is 1.56 bits per heavy atom. The van der Waals surface area contributed by atoms with Gasteiger partial charge in [0.05, 0.1) is 0 Å². The maximum absolute atomic E-state index is 12.4. The highest BCUT2D eigenvalue weighted by molar-refractivity contribution is 6.37. The number of hydrogen-bond donors (Lipinski definition) is 0. The van der Waals surface area contributed by atoms with Crippen LogP contribution in [-0.2, 0) is 19.1 Å². The molecular weight excluding hydrogens is 267 g/mol. The van der Waals surface area contributed by atoms with Crippen LogP contribution >= 0.6 is 0 Å². The lowest BCUT2D eigenvalue weighted by Gasteiger charge is -2.18. The molecule has 0 spiro atoms. The Kier molecular flexibility index (Phi) is 4.22. The predicted molar refractivity (Wildman–Crippen MR) is 46.6 cm³/mol. The minimum Gasteiger partial charge on any atom is -0.382 e. The van der Waals surface area contributed by atoms with Gasteiger partial charge in [0, 0.05) is 5.41 Å². The average molecular weight is 276 g/mol. The van der Waals surface area contributed by atoms with Gasteiger partial charge in [-0.3, -0.25) is 4.79 Å². The van der Waals surface area contributed by atoms with Gasteiger partial charge in [0.1, 0.15) is 0 Å². The molecular formula is C9H9F5O4. The van der Waals surface area contributed by atoms with Crippen LogP contribution in [0, 0.1) is 5.41 Å². The number of hydrogen-bond acceptors (Lipinski definition) is 4. The van der Waals surface area contributed by atoms with E-state index in [4.69, 9.17) is 0 Å². The number of carbonyl (C=O) groups excluding carboxylic acids is 3. The molecule has 104 valence electrons. The van der Waals surface area contributed by atoms with Crippen molar-refractivity contribution in [2.75, 3.05) is 0 Å². The molecule has 0 aliphatic heterocycles. The van der Waals surface area contributed by atoms with Crippen molar-refractivity contribution in [1.29, 1.82) is 0 Å². The molecule has 0 aromatic carbocycles. The van der Waals surface area contributed by atoms with Crippen molar-refractivity contribution in [2.24, 2.45) is 5.41 Å². The summed E-state index contributed by atoms with van der Waals surface area (Å²) in [5.41, 5.74) is -1.37. The van der Waals surface area contributed by atoms with Gasteiger partial charge in [0.15, 0.2) is 0 Å². The first-order chi connectivity index (χ1) is 7.71. The van der Waals surface area contributed by atoms with Crippen LogP contribution in [0.15, 0.2) is 0 Å². The Labute approximate surface area is 98.1 Å². The van der Waals surface area contributed by atoms with Crippen LogP contribution in [0.2, 0.25) is 0 Å². The molecule has 0 N–H and O–H groups in total. The van der Waals surface area contributed by atoms with E-state index in [0.29, 0.717) is 0 Å². The summed E-state index contributed by atoms with van der Waals surface area (Å²) in [6.45, 7) is 3.59. The summed E-state index contributed by atoms with van der Waals surface area (Å²) in [5, 5.41) is 0. The van der Waals surface area contributed by atoms with Crippen molar-refractivity contribution in [2.45, 2.75) is 32.9 Å². The molecule has 4 nitrogen and oxygen atoms in total. The van der Waals surface area contributed by atoms with Crippen LogP contribution in [0.4, 0.5) is 22.0 Å². The van der Waals surface area contributed by atoms with E-state index in [9.17, 15) is 36.3 Å². The van der Waals surface area contributed by atoms with E-state index in [2.05, 4.69) is 4.74 Å². The molecule has 18 heavy (non-hydrogen) atoms. The van der Waals surface area contributed by atoms with Gasteiger partial charge in [-0.05, 0) is 0 Å². The molecule has 0 bridgehead atoms. The van der Waals surface area contributed by atoms with Crippen molar-refractivity contribution in [1.82, 2.24) is 0 Å². The highest BCUT2D eigenvalue weighted by Crippen LogP contribution is 2.36. The van der Waals surface area contributed by atoms with E-state index in [1.54, 1.807) is 0 Å².